The Morgan fingerprint density at radius 3 is 2.29 bits per heavy atom. The average Bonchev–Trinajstić information content (AvgIpc) is 2.01. The van der Waals surface area contributed by atoms with E-state index in [2.05, 4.69) is 0 Å². The molecule has 5 heteroatoms. The summed E-state index contributed by atoms with van der Waals surface area (Å²) in [6.45, 7) is 3.64. The number of nitrogens with two attached hydrogens (primary N) is 1. The van der Waals surface area contributed by atoms with Crippen LogP contribution in [-0.4, -0.2) is 13.0 Å². The lowest BCUT2D eigenvalue weighted by Crippen LogP contribution is -2.07. The molecule has 0 amide bonds. The van der Waals surface area contributed by atoms with E-state index in [4.69, 9.17) is 10.3 Å². The molecule has 0 saturated heterocycles. The second kappa shape index (κ2) is 3.59. The molecule has 0 aliphatic heterocycles. The summed E-state index contributed by atoms with van der Waals surface area (Å²) >= 11 is 0. The summed E-state index contributed by atoms with van der Waals surface area (Å²) in [6, 6.07) is 4.47. The Morgan fingerprint density at radius 1 is 1.36 bits per heavy atom. The summed E-state index contributed by atoms with van der Waals surface area (Å²) in [7, 11) is -4.18. The third-order valence-corrected chi connectivity index (χ3v) is 2.87. The van der Waals surface area contributed by atoms with Gasteiger partial charge in [0.1, 0.15) is 0 Å². The van der Waals surface area contributed by atoms with Gasteiger partial charge in [0.25, 0.3) is 10.1 Å². The van der Waals surface area contributed by atoms with E-state index in [0.29, 0.717) is 11.3 Å². The van der Waals surface area contributed by atoms with E-state index in [-0.39, 0.29) is 10.8 Å². The van der Waals surface area contributed by atoms with Crippen LogP contribution in [0, 0.1) is 0 Å². The fourth-order valence-corrected chi connectivity index (χ4v) is 2.29. The lowest BCUT2D eigenvalue weighted by Gasteiger charge is -2.12. The van der Waals surface area contributed by atoms with Crippen molar-refractivity contribution >= 4 is 15.8 Å². The summed E-state index contributed by atoms with van der Waals surface area (Å²) < 4.78 is 31.0. The fourth-order valence-electron chi connectivity index (χ4n) is 1.40. The van der Waals surface area contributed by atoms with Crippen LogP contribution in [0.15, 0.2) is 23.1 Å². The van der Waals surface area contributed by atoms with Crippen molar-refractivity contribution in [3.8, 4) is 0 Å². The van der Waals surface area contributed by atoms with Gasteiger partial charge in [-0.25, -0.2) is 0 Å². The van der Waals surface area contributed by atoms with Gasteiger partial charge < -0.3 is 5.73 Å². The second-order valence-electron chi connectivity index (χ2n) is 3.39. The minimum atomic E-state index is -4.18. The topological polar surface area (TPSA) is 80.4 Å². The molecule has 0 atom stereocenters. The van der Waals surface area contributed by atoms with E-state index in [1.807, 2.05) is 13.8 Å². The van der Waals surface area contributed by atoms with Crippen molar-refractivity contribution in [1.29, 1.82) is 0 Å². The fraction of sp³-hybridized carbons (Fsp3) is 0.333. The van der Waals surface area contributed by atoms with Crippen LogP contribution in [-0.2, 0) is 10.1 Å². The number of rotatable bonds is 2. The minimum Gasteiger partial charge on any atom is -0.398 e. The van der Waals surface area contributed by atoms with Crippen molar-refractivity contribution < 1.29 is 13.0 Å². The van der Waals surface area contributed by atoms with E-state index in [1.54, 1.807) is 6.07 Å². The summed E-state index contributed by atoms with van der Waals surface area (Å²) in [5.41, 5.74) is 6.50. The Bertz CT molecular complexity index is 437. The van der Waals surface area contributed by atoms with Crippen molar-refractivity contribution in [2.24, 2.45) is 0 Å². The monoisotopic (exact) mass is 215 g/mol. The largest absolute Gasteiger partial charge is 0.398 e. The van der Waals surface area contributed by atoms with Crippen molar-refractivity contribution in [2.75, 3.05) is 5.73 Å². The van der Waals surface area contributed by atoms with Crippen molar-refractivity contribution in [3.63, 3.8) is 0 Å². The first-order chi connectivity index (χ1) is 6.34. The first-order valence-corrected chi connectivity index (χ1v) is 5.64. The highest BCUT2D eigenvalue weighted by atomic mass is 32.2. The maximum Gasteiger partial charge on any atom is 0.294 e. The van der Waals surface area contributed by atoms with Crippen LogP contribution in [0.2, 0.25) is 0 Å². The van der Waals surface area contributed by atoms with E-state index in [0.717, 1.165) is 0 Å². The Balaban J connectivity index is 3.52. The predicted octanol–water partition coefficient (Wildman–Crippen LogP) is 1.64. The molecule has 0 aliphatic carbocycles. The summed E-state index contributed by atoms with van der Waals surface area (Å²) in [4.78, 5) is -0.104. The van der Waals surface area contributed by atoms with Crippen LogP contribution in [0.4, 0.5) is 5.69 Å². The van der Waals surface area contributed by atoms with Crippen molar-refractivity contribution in [1.82, 2.24) is 0 Å². The minimum absolute atomic E-state index is 0.0480. The highest BCUT2D eigenvalue weighted by Crippen LogP contribution is 2.28. The third kappa shape index (κ3) is 2.05. The first-order valence-electron chi connectivity index (χ1n) is 4.20. The number of hydrogen-bond acceptors (Lipinski definition) is 3. The molecule has 1 aromatic rings. The Kier molecular flexibility index (Phi) is 2.82. The summed E-state index contributed by atoms with van der Waals surface area (Å²) in [5.74, 6) is -0.0480. The smallest absolute Gasteiger partial charge is 0.294 e. The second-order valence-corrected chi connectivity index (χ2v) is 4.78. The number of hydrogen-bond donors (Lipinski definition) is 2. The molecule has 0 aliphatic rings. The summed E-state index contributed by atoms with van der Waals surface area (Å²) in [6.07, 6.45) is 0. The van der Waals surface area contributed by atoms with Crippen LogP contribution in [0.3, 0.4) is 0 Å². The lowest BCUT2D eigenvalue weighted by atomic mass is 10.0. The molecule has 0 unspecified atom stereocenters. The Hall–Kier alpha value is -1.07. The normalized spacial score (nSPS) is 12.0. The van der Waals surface area contributed by atoms with E-state index >= 15 is 0 Å². The van der Waals surface area contributed by atoms with E-state index in [9.17, 15) is 8.42 Å². The first kappa shape index (κ1) is 11.0. The number of benzene rings is 1. The molecular formula is C9H13NO3S. The molecule has 0 heterocycles. The van der Waals surface area contributed by atoms with Crippen LogP contribution in [0.5, 0.6) is 0 Å². The molecule has 0 fully saturated rings. The maximum absolute atomic E-state index is 11.0. The molecule has 3 N–H and O–H groups in total. The molecule has 0 saturated carbocycles. The standard InChI is InChI=1S/C9H13NO3S/c1-6(2)9-7(10)4-3-5-8(9)14(11,12)13/h3-6H,10H2,1-2H3,(H,11,12,13). The molecule has 0 bridgehead atoms. The van der Waals surface area contributed by atoms with Crippen LogP contribution in [0.25, 0.3) is 0 Å². The third-order valence-electron chi connectivity index (χ3n) is 1.96. The van der Waals surface area contributed by atoms with Gasteiger partial charge >= 0.3 is 0 Å². The van der Waals surface area contributed by atoms with Gasteiger partial charge in [0.05, 0.1) is 4.90 Å². The lowest BCUT2D eigenvalue weighted by molar-refractivity contribution is 0.481. The van der Waals surface area contributed by atoms with E-state index < -0.39 is 10.1 Å². The van der Waals surface area contributed by atoms with Crippen LogP contribution >= 0.6 is 0 Å². The molecule has 0 radical (unpaired) electrons. The van der Waals surface area contributed by atoms with Crippen LogP contribution < -0.4 is 5.73 Å². The molecule has 0 spiro atoms. The zero-order chi connectivity index (χ0) is 10.9. The molecule has 0 aromatic heterocycles. The van der Waals surface area contributed by atoms with Gasteiger partial charge in [-0.3, -0.25) is 4.55 Å². The Morgan fingerprint density at radius 2 is 1.93 bits per heavy atom. The van der Waals surface area contributed by atoms with Gasteiger partial charge in [0.15, 0.2) is 0 Å². The zero-order valence-electron chi connectivity index (χ0n) is 8.06. The Labute approximate surface area is 83.5 Å². The van der Waals surface area contributed by atoms with E-state index in [1.165, 1.54) is 12.1 Å². The van der Waals surface area contributed by atoms with Gasteiger partial charge in [-0.1, -0.05) is 19.9 Å². The van der Waals surface area contributed by atoms with Gasteiger partial charge in [-0.15, -0.1) is 0 Å². The van der Waals surface area contributed by atoms with Gasteiger partial charge in [0.2, 0.25) is 0 Å². The highest BCUT2D eigenvalue weighted by molar-refractivity contribution is 7.85. The van der Waals surface area contributed by atoms with Crippen molar-refractivity contribution in [2.45, 2.75) is 24.7 Å². The van der Waals surface area contributed by atoms with Gasteiger partial charge in [0, 0.05) is 5.69 Å². The average molecular weight is 215 g/mol. The molecule has 1 rings (SSSR count). The number of anilines is 1. The quantitative estimate of drug-likeness (QED) is 0.580. The highest BCUT2D eigenvalue weighted by Gasteiger charge is 2.19. The van der Waals surface area contributed by atoms with Gasteiger partial charge in [-0.2, -0.15) is 8.42 Å². The maximum atomic E-state index is 11.0. The molecule has 4 nitrogen and oxygen atoms in total. The SMILES string of the molecule is CC(C)c1c(N)cccc1S(=O)(=O)O. The molecular weight excluding hydrogens is 202 g/mol. The number of nitrogen functional groups attached to an aromatic ring is 1. The van der Waals surface area contributed by atoms with Gasteiger partial charge in [-0.05, 0) is 23.6 Å². The molecule has 14 heavy (non-hydrogen) atoms. The molecule has 1 aromatic carbocycles. The zero-order valence-corrected chi connectivity index (χ0v) is 8.88. The van der Waals surface area contributed by atoms with Crippen molar-refractivity contribution in [3.05, 3.63) is 23.8 Å². The predicted molar refractivity (Wildman–Crippen MR) is 54.8 cm³/mol. The van der Waals surface area contributed by atoms with Crippen LogP contribution in [0.1, 0.15) is 25.3 Å². The molecule has 78 valence electrons. The summed E-state index contributed by atoms with van der Waals surface area (Å²) in [5, 5.41) is 0.